The van der Waals surface area contributed by atoms with E-state index in [1.54, 1.807) is 6.07 Å². The molecule has 2 heterocycles. The second-order valence-electron chi connectivity index (χ2n) is 7.84. The second-order valence-corrected chi connectivity index (χ2v) is 9.91. The molecule has 0 atom stereocenters. The van der Waals surface area contributed by atoms with Gasteiger partial charge in [0, 0.05) is 17.7 Å². The van der Waals surface area contributed by atoms with E-state index in [0.717, 1.165) is 23.3 Å². The Morgan fingerprint density at radius 1 is 1.06 bits per heavy atom. The lowest BCUT2D eigenvalue weighted by molar-refractivity contribution is -0.136. The molecule has 172 valence electrons. The number of amides is 2. The highest BCUT2D eigenvalue weighted by Gasteiger charge is 2.34. The van der Waals surface area contributed by atoms with Gasteiger partial charge in [0.2, 0.25) is 0 Å². The number of fused-ring (bicyclic) bond motifs is 1. The number of carbonyl (C=O) groups excluding carboxylic acids is 2. The number of hydrogen-bond acceptors (Lipinski definition) is 5. The van der Waals surface area contributed by atoms with Crippen LogP contribution in [0.2, 0.25) is 0 Å². The van der Waals surface area contributed by atoms with E-state index in [-0.39, 0.29) is 22.9 Å². The predicted molar refractivity (Wildman–Crippen MR) is 116 cm³/mol. The van der Waals surface area contributed by atoms with E-state index in [1.165, 1.54) is 10.7 Å². The van der Waals surface area contributed by atoms with E-state index in [4.69, 9.17) is 0 Å². The zero-order valence-corrected chi connectivity index (χ0v) is 18.6. The van der Waals surface area contributed by atoms with Crippen molar-refractivity contribution in [3.05, 3.63) is 76.0 Å². The number of aromatic nitrogens is 2. The molecular formula is C22H20F2N4O4S. The van der Waals surface area contributed by atoms with E-state index in [9.17, 15) is 26.8 Å². The molecule has 8 nitrogen and oxygen atoms in total. The minimum absolute atomic E-state index is 0.0650. The largest absolute Gasteiger partial charge is 0.344 e. The summed E-state index contributed by atoms with van der Waals surface area (Å²) in [6.07, 6.45) is 0. The third-order valence-corrected chi connectivity index (χ3v) is 6.74. The fourth-order valence-corrected chi connectivity index (χ4v) is 5.20. The average Bonchev–Trinajstić information content (AvgIpc) is 3.19. The lowest BCUT2D eigenvalue weighted by Crippen LogP contribution is -2.36. The number of aryl methyl sites for hydroxylation is 2. The topological polar surface area (TPSA) is 110 Å². The number of halogens is 2. The van der Waals surface area contributed by atoms with Crippen LogP contribution >= 0.6 is 0 Å². The highest BCUT2D eigenvalue weighted by molar-refractivity contribution is 7.90. The van der Waals surface area contributed by atoms with Gasteiger partial charge in [-0.25, -0.2) is 21.9 Å². The van der Waals surface area contributed by atoms with Crippen LogP contribution in [0.25, 0.3) is 5.69 Å². The van der Waals surface area contributed by atoms with Crippen molar-refractivity contribution in [2.45, 2.75) is 31.9 Å². The zero-order valence-electron chi connectivity index (χ0n) is 17.8. The fourth-order valence-electron chi connectivity index (χ4n) is 3.70. The van der Waals surface area contributed by atoms with Gasteiger partial charge in [0.1, 0.15) is 17.5 Å². The first-order valence-corrected chi connectivity index (χ1v) is 11.8. The van der Waals surface area contributed by atoms with Crippen LogP contribution in [0.1, 0.15) is 27.9 Å². The van der Waals surface area contributed by atoms with Crippen molar-refractivity contribution in [1.82, 2.24) is 15.1 Å². The molecule has 0 fully saturated rings. The molecular weight excluding hydrogens is 454 g/mol. The van der Waals surface area contributed by atoms with Gasteiger partial charge in [-0.3, -0.25) is 9.59 Å². The summed E-state index contributed by atoms with van der Waals surface area (Å²) in [5, 5.41) is 8.98. The van der Waals surface area contributed by atoms with E-state index < -0.39 is 39.8 Å². The molecule has 0 radical (unpaired) electrons. The normalized spacial score (nSPS) is 14.1. The molecule has 4 rings (SSSR count). The van der Waals surface area contributed by atoms with Gasteiger partial charge >= 0.3 is 11.8 Å². The maximum atomic E-state index is 13.8. The maximum Gasteiger partial charge on any atom is 0.314 e. The predicted octanol–water partition coefficient (Wildman–Crippen LogP) is 2.45. The van der Waals surface area contributed by atoms with Gasteiger partial charge in [0.25, 0.3) is 0 Å². The number of sulfone groups is 1. The lowest BCUT2D eigenvalue weighted by atomic mass is 10.1. The van der Waals surface area contributed by atoms with Gasteiger partial charge < -0.3 is 10.6 Å². The number of hydrogen-bond donors (Lipinski definition) is 2. The Bertz CT molecular complexity index is 1380. The first-order valence-electron chi connectivity index (χ1n) is 9.96. The van der Waals surface area contributed by atoms with Crippen molar-refractivity contribution in [3.63, 3.8) is 0 Å². The summed E-state index contributed by atoms with van der Waals surface area (Å²) in [4.78, 5) is 24.9. The van der Waals surface area contributed by atoms with Crippen molar-refractivity contribution in [3.8, 4) is 5.69 Å². The van der Waals surface area contributed by atoms with E-state index in [1.807, 2.05) is 26.0 Å². The Morgan fingerprint density at radius 3 is 2.42 bits per heavy atom. The molecule has 0 unspecified atom stereocenters. The van der Waals surface area contributed by atoms with Gasteiger partial charge in [0.15, 0.2) is 9.84 Å². The highest BCUT2D eigenvalue weighted by Crippen LogP contribution is 2.33. The van der Waals surface area contributed by atoms with Crippen molar-refractivity contribution >= 4 is 27.5 Å². The van der Waals surface area contributed by atoms with Crippen LogP contribution in [0.5, 0.6) is 0 Å². The van der Waals surface area contributed by atoms with E-state index >= 15 is 0 Å². The van der Waals surface area contributed by atoms with Gasteiger partial charge in [-0.2, -0.15) is 5.10 Å². The Labute approximate surface area is 188 Å². The fraction of sp³-hybridized carbons (Fsp3) is 0.227. The Balaban J connectivity index is 1.61. The van der Waals surface area contributed by atoms with E-state index in [0.29, 0.717) is 16.9 Å². The smallest absolute Gasteiger partial charge is 0.314 e. The lowest BCUT2D eigenvalue weighted by Gasteiger charge is -2.13. The highest BCUT2D eigenvalue weighted by atomic mass is 32.2. The number of nitrogens with one attached hydrogen (secondary N) is 2. The SMILES string of the molecule is Cc1ccc(-n2nc3c(c2NC(=O)C(=O)NCc2c(F)cccc2F)CS(=O)(=O)C3)c(C)c1. The average molecular weight is 474 g/mol. The Morgan fingerprint density at radius 2 is 1.76 bits per heavy atom. The number of nitrogens with zero attached hydrogens (tertiary/aromatic N) is 2. The molecule has 1 aromatic heterocycles. The van der Waals surface area contributed by atoms with Crippen LogP contribution in [0, 0.1) is 25.5 Å². The third kappa shape index (κ3) is 4.49. The molecule has 2 N–H and O–H groups in total. The molecule has 0 spiro atoms. The molecule has 0 aliphatic carbocycles. The van der Waals surface area contributed by atoms with Gasteiger partial charge in [-0.1, -0.05) is 23.8 Å². The summed E-state index contributed by atoms with van der Waals surface area (Å²) in [7, 11) is -3.42. The molecule has 1 aliphatic heterocycles. The second kappa shape index (κ2) is 8.39. The van der Waals surface area contributed by atoms with Crippen LogP contribution in [0.3, 0.4) is 0 Å². The van der Waals surface area contributed by atoms with Gasteiger partial charge in [-0.15, -0.1) is 0 Å². The maximum absolute atomic E-state index is 13.8. The summed E-state index contributed by atoms with van der Waals surface area (Å²) >= 11 is 0. The van der Waals surface area contributed by atoms with Crippen LogP contribution in [-0.2, 0) is 37.5 Å². The molecule has 11 heteroatoms. The Hall–Kier alpha value is -3.60. The molecule has 1 aliphatic rings. The first kappa shape index (κ1) is 22.6. The summed E-state index contributed by atoms with van der Waals surface area (Å²) in [6.45, 7) is 3.22. The molecule has 0 saturated heterocycles. The van der Waals surface area contributed by atoms with Crippen LogP contribution in [-0.4, -0.2) is 30.0 Å². The van der Waals surface area contributed by atoms with Crippen LogP contribution in [0.4, 0.5) is 14.6 Å². The van der Waals surface area contributed by atoms with Crippen LogP contribution in [0.15, 0.2) is 36.4 Å². The van der Waals surface area contributed by atoms with Crippen LogP contribution < -0.4 is 10.6 Å². The number of benzene rings is 2. The first-order chi connectivity index (χ1) is 15.6. The quantitative estimate of drug-likeness (QED) is 0.565. The van der Waals surface area contributed by atoms with E-state index in [2.05, 4.69) is 15.7 Å². The third-order valence-electron chi connectivity index (χ3n) is 5.29. The van der Waals surface area contributed by atoms with Gasteiger partial charge in [0.05, 0.1) is 22.9 Å². The standard InChI is InChI=1S/C22H20F2N4O4S/c1-12-6-7-19(13(2)8-12)28-20(15-10-33(31,32)11-18(15)27-28)26-22(30)21(29)25-9-14-16(23)4-3-5-17(14)24/h3-8H,9-11H2,1-2H3,(H,25,29)(H,26,30). The molecule has 2 aromatic carbocycles. The molecule has 0 bridgehead atoms. The minimum atomic E-state index is -3.42. The number of rotatable bonds is 4. The monoisotopic (exact) mass is 474 g/mol. The summed E-state index contributed by atoms with van der Waals surface area (Å²) < 4.78 is 53.1. The molecule has 0 saturated carbocycles. The summed E-state index contributed by atoms with van der Waals surface area (Å²) in [5.41, 5.74) is 2.65. The molecule has 3 aromatic rings. The number of carbonyl (C=O) groups is 2. The number of anilines is 1. The van der Waals surface area contributed by atoms with Crippen molar-refractivity contribution in [2.75, 3.05) is 5.32 Å². The minimum Gasteiger partial charge on any atom is -0.344 e. The molecule has 33 heavy (non-hydrogen) atoms. The van der Waals surface area contributed by atoms with Crippen molar-refractivity contribution in [1.29, 1.82) is 0 Å². The summed E-state index contributed by atoms with van der Waals surface area (Å²) in [6, 6.07) is 8.78. The summed E-state index contributed by atoms with van der Waals surface area (Å²) in [5.74, 6) is -4.51. The van der Waals surface area contributed by atoms with Gasteiger partial charge in [-0.05, 0) is 37.6 Å². The molecule has 2 amide bonds. The Kier molecular flexibility index (Phi) is 5.75. The van der Waals surface area contributed by atoms with Crippen molar-refractivity contribution < 1.29 is 26.8 Å². The zero-order chi connectivity index (χ0) is 23.9. The van der Waals surface area contributed by atoms with Crippen molar-refractivity contribution in [2.24, 2.45) is 0 Å².